The summed E-state index contributed by atoms with van der Waals surface area (Å²) in [5.41, 5.74) is 1.10. The SMILES string of the molecule is C[C@@]12CO[C@@H](Cc3ccccc3)O[C@@H]1CC[C@]1(C)[C@H]2CC[C@@H](O)[C@H]1CC(=O)N1CCCCC1. The van der Waals surface area contributed by atoms with Gasteiger partial charge in [0.1, 0.15) is 0 Å². The van der Waals surface area contributed by atoms with Crippen LogP contribution in [0.15, 0.2) is 30.3 Å². The number of hydrogen-bond acceptors (Lipinski definition) is 4. The third kappa shape index (κ3) is 4.37. The molecule has 2 heterocycles. The molecule has 5 heteroatoms. The molecule has 1 N–H and O–H groups in total. The smallest absolute Gasteiger partial charge is 0.222 e. The van der Waals surface area contributed by atoms with Gasteiger partial charge in [0.25, 0.3) is 0 Å². The summed E-state index contributed by atoms with van der Waals surface area (Å²) < 4.78 is 12.9. The first-order valence-electron chi connectivity index (χ1n) is 13.2. The Bertz CT molecular complexity index is 824. The molecule has 182 valence electrons. The summed E-state index contributed by atoms with van der Waals surface area (Å²) in [5, 5.41) is 11.1. The van der Waals surface area contributed by atoms with Gasteiger partial charge in [0.2, 0.25) is 5.91 Å². The second kappa shape index (κ2) is 9.31. The highest BCUT2D eigenvalue weighted by Crippen LogP contribution is 2.62. The number of rotatable bonds is 4. The number of aliphatic hydroxyl groups is 1. The second-order valence-corrected chi connectivity index (χ2v) is 11.6. The Kier molecular flexibility index (Phi) is 6.58. The maximum absolute atomic E-state index is 13.2. The number of piperidine rings is 1. The molecule has 2 saturated heterocycles. The van der Waals surface area contributed by atoms with Crippen molar-refractivity contribution in [3.63, 3.8) is 0 Å². The number of amides is 1. The molecular weight excluding hydrogens is 414 g/mol. The molecule has 0 radical (unpaired) electrons. The highest BCUT2D eigenvalue weighted by atomic mass is 16.7. The maximum Gasteiger partial charge on any atom is 0.222 e. The van der Waals surface area contributed by atoms with Gasteiger partial charge in [-0.25, -0.2) is 0 Å². The molecule has 2 saturated carbocycles. The number of ether oxygens (including phenoxy) is 2. The first-order valence-corrected chi connectivity index (χ1v) is 13.2. The Morgan fingerprint density at radius 3 is 2.58 bits per heavy atom. The highest BCUT2D eigenvalue weighted by molar-refractivity contribution is 5.76. The number of carbonyl (C=O) groups excluding carboxylic acids is 1. The number of aliphatic hydroxyl groups excluding tert-OH is 1. The Morgan fingerprint density at radius 2 is 1.82 bits per heavy atom. The van der Waals surface area contributed by atoms with Gasteiger partial charge in [0.15, 0.2) is 6.29 Å². The van der Waals surface area contributed by atoms with E-state index < -0.39 is 6.10 Å². The molecule has 0 bridgehead atoms. The molecule has 2 aliphatic heterocycles. The highest BCUT2D eigenvalue weighted by Gasteiger charge is 2.61. The minimum absolute atomic E-state index is 0.0190. The van der Waals surface area contributed by atoms with E-state index in [0.717, 1.165) is 58.0 Å². The zero-order chi connectivity index (χ0) is 23.1. The van der Waals surface area contributed by atoms with Crippen LogP contribution in [0.1, 0.15) is 70.8 Å². The molecule has 4 aliphatic rings. The molecule has 1 amide bonds. The van der Waals surface area contributed by atoms with Gasteiger partial charge in [-0.15, -0.1) is 0 Å². The number of nitrogens with zero attached hydrogens (tertiary/aromatic N) is 1. The van der Waals surface area contributed by atoms with E-state index in [1.807, 2.05) is 11.0 Å². The van der Waals surface area contributed by atoms with E-state index in [9.17, 15) is 9.90 Å². The first kappa shape index (κ1) is 23.3. The summed E-state index contributed by atoms with van der Waals surface area (Å²) in [6, 6.07) is 10.4. The van der Waals surface area contributed by atoms with E-state index in [1.54, 1.807) is 0 Å². The van der Waals surface area contributed by atoms with Crippen LogP contribution in [0.4, 0.5) is 0 Å². The number of benzene rings is 1. The van der Waals surface area contributed by atoms with Crippen molar-refractivity contribution in [1.29, 1.82) is 0 Å². The van der Waals surface area contributed by atoms with Gasteiger partial charge in [0.05, 0.1) is 18.8 Å². The Labute approximate surface area is 198 Å². The molecule has 0 aromatic heterocycles. The van der Waals surface area contributed by atoms with Gasteiger partial charge in [-0.2, -0.15) is 0 Å². The molecule has 5 nitrogen and oxygen atoms in total. The second-order valence-electron chi connectivity index (χ2n) is 11.6. The van der Waals surface area contributed by atoms with Crippen LogP contribution in [0.3, 0.4) is 0 Å². The number of likely N-dealkylation sites (tertiary alicyclic amines) is 1. The molecular formula is C28H41NO4. The first-order chi connectivity index (χ1) is 15.9. The summed E-state index contributed by atoms with van der Waals surface area (Å²) in [6.07, 6.45) is 8.01. The minimum atomic E-state index is -0.392. The molecule has 5 rings (SSSR count). The van der Waals surface area contributed by atoms with Crippen LogP contribution in [0, 0.1) is 22.7 Å². The van der Waals surface area contributed by atoms with Gasteiger partial charge in [-0.1, -0.05) is 44.2 Å². The van der Waals surface area contributed by atoms with Crippen LogP contribution in [-0.4, -0.2) is 54.1 Å². The Hall–Kier alpha value is -1.43. The number of carbonyl (C=O) groups is 1. The lowest BCUT2D eigenvalue weighted by atomic mass is 9.46. The fourth-order valence-corrected chi connectivity index (χ4v) is 7.66. The average Bonchev–Trinajstić information content (AvgIpc) is 2.83. The molecule has 0 spiro atoms. The van der Waals surface area contributed by atoms with E-state index in [1.165, 1.54) is 12.0 Å². The van der Waals surface area contributed by atoms with Crippen molar-refractivity contribution < 1.29 is 19.4 Å². The minimum Gasteiger partial charge on any atom is -0.393 e. The summed E-state index contributed by atoms with van der Waals surface area (Å²) in [4.78, 5) is 15.2. The summed E-state index contributed by atoms with van der Waals surface area (Å²) in [5.74, 6) is 0.654. The zero-order valence-corrected chi connectivity index (χ0v) is 20.4. The molecule has 1 aromatic rings. The van der Waals surface area contributed by atoms with Crippen molar-refractivity contribution >= 4 is 5.91 Å². The molecule has 0 unspecified atom stereocenters. The van der Waals surface area contributed by atoms with Gasteiger partial charge in [0, 0.05) is 31.3 Å². The topological polar surface area (TPSA) is 59.0 Å². The fraction of sp³-hybridized carbons (Fsp3) is 0.750. The number of hydrogen-bond donors (Lipinski definition) is 1. The fourth-order valence-electron chi connectivity index (χ4n) is 7.66. The maximum atomic E-state index is 13.2. The van der Waals surface area contributed by atoms with Crippen molar-refractivity contribution in [2.24, 2.45) is 22.7 Å². The molecule has 2 aliphatic carbocycles. The average molecular weight is 456 g/mol. The third-order valence-corrected chi connectivity index (χ3v) is 9.58. The zero-order valence-electron chi connectivity index (χ0n) is 20.4. The Balaban J connectivity index is 1.30. The lowest BCUT2D eigenvalue weighted by molar-refractivity contribution is -0.308. The summed E-state index contributed by atoms with van der Waals surface area (Å²) >= 11 is 0. The number of fused-ring (bicyclic) bond motifs is 3. The van der Waals surface area contributed by atoms with E-state index in [4.69, 9.17) is 9.47 Å². The molecule has 7 atom stereocenters. The van der Waals surface area contributed by atoms with Crippen LogP contribution >= 0.6 is 0 Å². The lowest BCUT2D eigenvalue weighted by Crippen LogP contribution is -2.63. The normalized spacial score (nSPS) is 41.2. The van der Waals surface area contributed by atoms with Crippen molar-refractivity contribution in [2.75, 3.05) is 19.7 Å². The van der Waals surface area contributed by atoms with E-state index >= 15 is 0 Å². The van der Waals surface area contributed by atoms with Crippen LogP contribution in [0.5, 0.6) is 0 Å². The van der Waals surface area contributed by atoms with Gasteiger partial charge >= 0.3 is 0 Å². The third-order valence-electron chi connectivity index (χ3n) is 9.58. The van der Waals surface area contributed by atoms with Crippen LogP contribution in [0.25, 0.3) is 0 Å². The van der Waals surface area contributed by atoms with Crippen molar-refractivity contribution in [2.45, 2.75) is 90.1 Å². The molecule has 1 aromatic carbocycles. The Morgan fingerprint density at radius 1 is 1.06 bits per heavy atom. The van der Waals surface area contributed by atoms with Crippen LogP contribution < -0.4 is 0 Å². The van der Waals surface area contributed by atoms with Gasteiger partial charge in [-0.3, -0.25) is 4.79 Å². The van der Waals surface area contributed by atoms with E-state index in [-0.39, 0.29) is 35.0 Å². The van der Waals surface area contributed by atoms with Crippen molar-refractivity contribution in [1.82, 2.24) is 4.90 Å². The predicted molar refractivity (Wildman–Crippen MR) is 127 cm³/mol. The van der Waals surface area contributed by atoms with Crippen LogP contribution in [0.2, 0.25) is 0 Å². The standard InChI is InChI=1S/C28H41NO4/c1-27-14-13-24-28(2,19-32-26(33-24)17-20-9-5-3-6-10-20)23(27)12-11-22(30)21(27)18-25(31)29-15-7-4-8-16-29/h3,5-6,9-10,21-24,26,30H,4,7-8,11-19H2,1-2H3/t21-,22-,23-,24-,26-,27+,28+/m1/s1. The van der Waals surface area contributed by atoms with Crippen LogP contribution in [-0.2, 0) is 20.7 Å². The molecule has 4 fully saturated rings. The van der Waals surface area contributed by atoms with Gasteiger partial charge in [-0.05, 0) is 67.8 Å². The quantitative estimate of drug-likeness (QED) is 0.723. The summed E-state index contributed by atoms with van der Waals surface area (Å²) in [6.45, 7) is 7.13. The predicted octanol–water partition coefficient (Wildman–Crippen LogP) is 4.57. The van der Waals surface area contributed by atoms with Gasteiger partial charge < -0.3 is 19.5 Å². The van der Waals surface area contributed by atoms with E-state index in [2.05, 4.69) is 38.1 Å². The van der Waals surface area contributed by atoms with Crippen molar-refractivity contribution in [3.8, 4) is 0 Å². The lowest BCUT2D eigenvalue weighted by Gasteiger charge is -2.63. The summed E-state index contributed by atoms with van der Waals surface area (Å²) in [7, 11) is 0. The largest absolute Gasteiger partial charge is 0.393 e. The molecule has 33 heavy (non-hydrogen) atoms. The monoisotopic (exact) mass is 455 g/mol. The van der Waals surface area contributed by atoms with E-state index in [0.29, 0.717) is 18.9 Å². The van der Waals surface area contributed by atoms with Crippen molar-refractivity contribution in [3.05, 3.63) is 35.9 Å².